The summed E-state index contributed by atoms with van der Waals surface area (Å²) in [6.45, 7) is 7.44. The highest BCUT2D eigenvalue weighted by atomic mass is 19.1. The van der Waals surface area contributed by atoms with Gasteiger partial charge in [0.15, 0.2) is 5.96 Å². The summed E-state index contributed by atoms with van der Waals surface area (Å²) in [4.78, 5) is 6.24. The first-order valence-corrected chi connectivity index (χ1v) is 10.6. The van der Waals surface area contributed by atoms with E-state index in [9.17, 15) is 4.39 Å². The Hall–Kier alpha value is -2.64. The van der Waals surface area contributed by atoms with Crippen LogP contribution in [0.25, 0.3) is 0 Å². The molecule has 31 heavy (non-hydrogen) atoms. The number of aliphatic imine (C=N–C) groups is 1. The first kappa shape index (κ1) is 24.6. The molecule has 2 aromatic rings. The van der Waals surface area contributed by atoms with E-state index in [0.717, 1.165) is 22.4 Å². The van der Waals surface area contributed by atoms with E-state index in [1.165, 1.54) is 6.07 Å². The van der Waals surface area contributed by atoms with Crippen LogP contribution < -0.4 is 15.4 Å². The number of nitrogens with zero attached hydrogens (tertiary/aromatic N) is 2. The number of halogens is 1. The quantitative estimate of drug-likeness (QED) is 0.325. The molecular formula is C24H35FN4O2. The number of hydrogen-bond donors (Lipinski definition) is 2. The van der Waals surface area contributed by atoms with Crippen LogP contribution in [0.1, 0.15) is 29.2 Å². The van der Waals surface area contributed by atoms with Crippen LogP contribution in [-0.2, 0) is 24.4 Å². The average Bonchev–Trinajstić information content (AvgIpc) is 2.74. The molecule has 7 heteroatoms. The van der Waals surface area contributed by atoms with Gasteiger partial charge in [-0.15, -0.1) is 0 Å². The van der Waals surface area contributed by atoms with Crippen LogP contribution in [0.4, 0.5) is 4.39 Å². The van der Waals surface area contributed by atoms with Gasteiger partial charge in [-0.05, 0) is 57.3 Å². The SMILES string of the molecule is CCOCCOc1cc(C)ccc1CNC(=NC)NCc1ccc(F)c(CN(C)C)c1. The summed E-state index contributed by atoms with van der Waals surface area (Å²) in [7, 11) is 5.58. The van der Waals surface area contributed by atoms with Gasteiger partial charge in [-0.25, -0.2) is 4.39 Å². The second-order valence-corrected chi connectivity index (χ2v) is 7.60. The van der Waals surface area contributed by atoms with Crippen molar-refractivity contribution in [2.24, 2.45) is 4.99 Å². The van der Waals surface area contributed by atoms with Crippen LogP contribution in [0, 0.1) is 12.7 Å². The van der Waals surface area contributed by atoms with E-state index >= 15 is 0 Å². The maximum atomic E-state index is 14.0. The van der Waals surface area contributed by atoms with Crippen molar-refractivity contribution in [3.63, 3.8) is 0 Å². The number of aryl methyl sites for hydroxylation is 1. The fraction of sp³-hybridized carbons (Fsp3) is 0.458. The molecule has 0 atom stereocenters. The molecule has 170 valence electrons. The van der Waals surface area contributed by atoms with Crippen molar-refractivity contribution in [1.82, 2.24) is 15.5 Å². The van der Waals surface area contributed by atoms with Crippen LogP contribution in [0.2, 0.25) is 0 Å². The zero-order valence-corrected chi connectivity index (χ0v) is 19.3. The van der Waals surface area contributed by atoms with Crippen molar-refractivity contribution in [3.8, 4) is 5.75 Å². The zero-order chi connectivity index (χ0) is 22.6. The zero-order valence-electron chi connectivity index (χ0n) is 19.3. The molecule has 0 aliphatic carbocycles. The molecule has 6 nitrogen and oxygen atoms in total. The van der Waals surface area contributed by atoms with Crippen molar-refractivity contribution < 1.29 is 13.9 Å². The minimum atomic E-state index is -0.184. The van der Waals surface area contributed by atoms with E-state index in [1.54, 1.807) is 13.1 Å². The standard InChI is InChI=1S/C24H35FN4O2/c1-6-30-11-12-31-23-13-18(2)7-9-20(23)16-28-24(26-3)27-15-19-8-10-22(25)21(14-19)17-29(4)5/h7-10,13-14H,6,11-12,15-17H2,1-5H3,(H2,26,27,28). The van der Waals surface area contributed by atoms with Crippen molar-refractivity contribution in [2.75, 3.05) is 41.0 Å². The van der Waals surface area contributed by atoms with Gasteiger partial charge in [0.1, 0.15) is 18.2 Å². The maximum absolute atomic E-state index is 14.0. The third-order valence-corrected chi connectivity index (χ3v) is 4.64. The van der Waals surface area contributed by atoms with Crippen molar-refractivity contribution in [3.05, 3.63) is 64.5 Å². The van der Waals surface area contributed by atoms with Gasteiger partial charge < -0.3 is 25.0 Å². The first-order chi connectivity index (χ1) is 14.9. The second-order valence-electron chi connectivity index (χ2n) is 7.60. The van der Waals surface area contributed by atoms with Gasteiger partial charge in [0.2, 0.25) is 0 Å². The van der Waals surface area contributed by atoms with Crippen molar-refractivity contribution in [2.45, 2.75) is 33.5 Å². The number of rotatable bonds is 11. The second kappa shape index (κ2) is 12.9. The van der Waals surface area contributed by atoms with Crippen molar-refractivity contribution >= 4 is 5.96 Å². The van der Waals surface area contributed by atoms with Gasteiger partial charge in [-0.2, -0.15) is 0 Å². The summed E-state index contributed by atoms with van der Waals surface area (Å²) in [5.74, 6) is 1.32. The van der Waals surface area contributed by atoms with E-state index < -0.39 is 0 Å². The summed E-state index contributed by atoms with van der Waals surface area (Å²) in [6, 6.07) is 11.3. The van der Waals surface area contributed by atoms with Gasteiger partial charge in [0.25, 0.3) is 0 Å². The third-order valence-electron chi connectivity index (χ3n) is 4.64. The summed E-state index contributed by atoms with van der Waals surface area (Å²) < 4.78 is 25.3. The highest BCUT2D eigenvalue weighted by Crippen LogP contribution is 2.20. The summed E-state index contributed by atoms with van der Waals surface area (Å²) in [6.07, 6.45) is 0. The molecule has 0 heterocycles. The maximum Gasteiger partial charge on any atom is 0.191 e. The average molecular weight is 431 g/mol. The largest absolute Gasteiger partial charge is 0.491 e. The molecule has 2 N–H and O–H groups in total. The minimum Gasteiger partial charge on any atom is -0.491 e. The monoisotopic (exact) mass is 430 g/mol. The molecule has 0 amide bonds. The normalized spacial score (nSPS) is 11.6. The summed E-state index contributed by atoms with van der Waals surface area (Å²) >= 11 is 0. The van der Waals surface area contributed by atoms with Crippen LogP contribution in [0.15, 0.2) is 41.4 Å². The van der Waals surface area contributed by atoms with E-state index in [0.29, 0.717) is 51.0 Å². The molecule has 0 fully saturated rings. The minimum absolute atomic E-state index is 0.184. The predicted molar refractivity (Wildman–Crippen MR) is 124 cm³/mol. The van der Waals surface area contributed by atoms with Gasteiger partial charge in [-0.3, -0.25) is 4.99 Å². The Bertz CT molecular complexity index is 855. The predicted octanol–water partition coefficient (Wildman–Crippen LogP) is 3.48. The van der Waals surface area contributed by atoms with Gasteiger partial charge >= 0.3 is 0 Å². The summed E-state index contributed by atoms with van der Waals surface area (Å²) in [5, 5.41) is 6.61. The molecular weight excluding hydrogens is 395 g/mol. The molecule has 0 unspecified atom stereocenters. The fourth-order valence-corrected chi connectivity index (χ4v) is 3.08. The highest BCUT2D eigenvalue weighted by Gasteiger charge is 2.08. The van der Waals surface area contributed by atoms with E-state index in [2.05, 4.69) is 27.8 Å². The van der Waals surface area contributed by atoms with E-state index in [1.807, 2.05) is 45.0 Å². The molecule has 0 radical (unpaired) electrons. The molecule has 2 aromatic carbocycles. The third kappa shape index (κ3) is 8.55. The number of hydrogen-bond acceptors (Lipinski definition) is 4. The van der Waals surface area contributed by atoms with E-state index in [4.69, 9.17) is 9.47 Å². The van der Waals surface area contributed by atoms with E-state index in [-0.39, 0.29) is 5.82 Å². The Morgan fingerprint density at radius 1 is 1.03 bits per heavy atom. The van der Waals surface area contributed by atoms with Crippen LogP contribution in [0.3, 0.4) is 0 Å². The van der Waals surface area contributed by atoms with Gasteiger partial charge in [-0.1, -0.05) is 18.2 Å². The molecule has 0 bridgehead atoms. The Morgan fingerprint density at radius 3 is 2.52 bits per heavy atom. The smallest absolute Gasteiger partial charge is 0.191 e. The lowest BCUT2D eigenvalue weighted by atomic mass is 10.1. The Kier molecular flexibility index (Phi) is 10.3. The Balaban J connectivity index is 1.94. The molecule has 2 rings (SSSR count). The molecule has 0 saturated heterocycles. The Morgan fingerprint density at radius 2 is 1.81 bits per heavy atom. The lowest BCUT2D eigenvalue weighted by molar-refractivity contribution is 0.110. The summed E-state index contributed by atoms with van der Waals surface area (Å²) in [5.41, 5.74) is 3.86. The van der Waals surface area contributed by atoms with Crippen LogP contribution in [-0.4, -0.2) is 51.8 Å². The highest BCUT2D eigenvalue weighted by molar-refractivity contribution is 5.79. The lowest BCUT2D eigenvalue weighted by Crippen LogP contribution is -2.36. The Labute approximate surface area is 185 Å². The topological polar surface area (TPSA) is 58.1 Å². The number of ether oxygens (including phenoxy) is 2. The van der Waals surface area contributed by atoms with Crippen molar-refractivity contribution in [1.29, 1.82) is 0 Å². The van der Waals surface area contributed by atoms with Crippen LogP contribution in [0.5, 0.6) is 5.75 Å². The first-order valence-electron chi connectivity index (χ1n) is 10.6. The number of nitrogens with one attached hydrogen (secondary N) is 2. The molecule has 0 saturated carbocycles. The van der Waals surface area contributed by atoms with Gasteiger partial charge in [0, 0.05) is 44.4 Å². The molecule has 0 spiro atoms. The van der Waals surface area contributed by atoms with Gasteiger partial charge in [0.05, 0.1) is 6.61 Å². The number of guanidine groups is 1. The molecule has 0 aliphatic heterocycles. The lowest BCUT2D eigenvalue weighted by Gasteiger charge is -2.16. The molecule has 0 aliphatic rings. The van der Waals surface area contributed by atoms with Crippen LogP contribution >= 0.6 is 0 Å². The molecule has 0 aromatic heterocycles. The number of benzene rings is 2. The fourth-order valence-electron chi connectivity index (χ4n) is 3.08.